The van der Waals surface area contributed by atoms with E-state index in [1.54, 1.807) is 44.6 Å². The smallest absolute Gasteiger partial charge is 0.351 e. The number of carbonyl (C=O) groups is 3. The van der Waals surface area contributed by atoms with Crippen molar-refractivity contribution in [2.75, 3.05) is 26.1 Å². The highest BCUT2D eigenvalue weighted by Gasteiger charge is 2.44. The minimum absolute atomic E-state index is 0.0353. The van der Waals surface area contributed by atoms with Gasteiger partial charge < -0.3 is 34.1 Å². The van der Waals surface area contributed by atoms with Gasteiger partial charge in [-0.2, -0.15) is 4.98 Å². The zero-order chi connectivity index (χ0) is 38.1. The van der Waals surface area contributed by atoms with Crippen molar-refractivity contribution in [3.63, 3.8) is 0 Å². The molecule has 2 heterocycles. The number of benzene rings is 4. The molecule has 4 aromatic carbocycles. The number of nitrogens with one attached hydrogen (secondary N) is 1. The molecule has 13 heteroatoms. The summed E-state index contributed by atoms with van der Waals surface area (Å²) in [5.41, 5.74) is 0.775. The number of methoxy groups -OCH3 is 2. The first-order chi connectivity index (χ1) is 26.2. The van der Waals surface area contributed by atoms with Crippen LogP contribution in [0.2, 0.25) is 0 Å². The minimum Gasteiger partial charge on any atom is -0.497 e. The SMILES string of the molecule is COc1ccc(C(OC[C@@H]2O[C@@H](n3ccc(NC(=O)c4ccccc4)nc3=O)C[C@H]2OC(=O)CCC(=O)O)(c2ccccc2)c2ccc(OC)cc2)cc1. The summed E-state index contributed by atoms with van der Waals surface area (Å²) in [5.74, 6) is -0.965. The maximum Gasteiger partial charge on any atom is 0.351 e. The number of nitrogens with zero attached hydrogens (tertiary/aromatic N) is 2. The van der Waals surface area contributed by atoms with Crippen molar-refractivity contribution in [2.45, 2.75) is 43.3 Å². The molecule has 0 radical (unpaired) electrons. The average molecular weight is 734 g/mol. The van der Waals surface area contributed by atoms with Gasteiger partial charge >= 0.3 is 17.6 Å². The van der Waals surface area contributed by atoms with E-state index in [0.29, 0.717) is 17.1 Å². The second-order valence-corrected chi connectivity index (χ2v) is 12.4. The van der Waals surface area contributed by atoms with Crippen LogP contribution in [-0.4, -0.2) is 65.5 Å². The number of amides is 1. The summed E-state index contributed by atoms with van der Waals surface area (Å²) in [4.78, 5) is 54.2. The highest BCUT2D eigenvalue weighted by Crippen LogP contribution is 2.43. The van der Waals surface area contributed by atoms with Crippen molar-refractivity contribution in [3.8, 4) is 11.5 Å². The van der Waals surface area contributed by atoms with Crippen LogP contribution in [0, 0.1) is 0 Å². The number of carboxylic acid groups (broad SMARTS) is 1. The molecule has 2 N–H and O–H groups in total. The van der Waals surface area contributed by atoms with Gasteiger partial charge in [0.15, 0.2) is 0 Å². The number of anilines is 1. The van der Waals surface area contributed by atoms with E-state index < -0.39 is 54.0 Å². The van der Waals surface area contributed by atoms with E-state index in [-0.39, 0.29) is 25.3 Å². The van der Waals surface area contributed by atoms with Crippen molar-refractivity contribution < 1.29 is 43.2 Å². The van der Waals surface area contributed by atoms with E-state index >= 15 is 0 Å². The maximum absolute atomic E-state index is 13.3. The highest BCUT2D eigenvalue weighted by molar-refractivity contribution is 6.03. The summed E-state index contributed by atoms with van der Waals surface area (Å²) in [7, 11) is 3.17. The molecular weight excluding hydrogens is 694 g/mol. The molecule has 1 aromatic heterocycles. The molecule has 1 saturated heterocycles. The fourth-order valence-corrected chi connectivity index (χ4v) is 6.34. The van der Waals surface area contributed by atoms with Crippen molar-refractivity contribution in [1.29, 1.82) is 0 Å². The monoisotopic (exact) mass is 733 g/mol. The molecule has 54 heavy (non-hydrogen) atoms. The lowest BCUT2D eigenvalue weighted by Gasteiger charge is -2.37. The molecule has 1 amide bonds. The Kier molecular flexibility index (Phi) is 11.8. The number of carboxylic acids is 1. The molecule has 6 rings (SSSR count). The molecule has 0 aliphatic carbocycles. The van der Waals surface area contributed by atoms with Crippen LogP contribution in [0.4, 0.5) is 5.82 Å². The molecule has 0 bridgehead atoms. The van der Waals surface area contributed by atoms with E-state index in [1.807, 2.05) is 78.9 Å². The zero-order valence-electron chi connectivity index (χ0n) is 29.6. The average Bonchev–Trinajstić information content (AvgIpc) is 3.60. The standard InChI is InChI=1S/C41H39N3O10/c1-50-31-17-13-29(14-18-31)41(28-11-7-4-8-12-28,30-15-19-32(51-2)20-16-30)52-26-34-33(54-38(47)22-21-37(45)46)25-36(53-34)44-24-23-35(43-40(44)49)42-39(48)27-9-5-3-6-10-27/h3-20,23-24,33-34,36H,21-22,25-26H2,1-2H3,(H,45,46)(H,42,43,48,49)/t33-,34+,36-/m1/s1. The lowest BCUT2D eigenvalue weighted by molar-refractivity contribution is -0.157. The largest absolute Gasteiger partial charge is 0.497 e. The molecule has 278 valence electrons. The van der Waals surface area contributed by atoms with Gasteiger partial charge in [-0.3, -0.25) is 19.0 Å². The third kappa shape index (κ3) is 8.49. The van der Waals surface area contributed by atoms with Gasteiger partial charge in [0.1, 0.15) is 41.4 Å². The molecule has 3 atom stereocenters. The summed E-state index contributed by atoms with van der Waals surface area (Å²) < 4.78 is 31.3. The molecule has 5 aromatic rings. The van der Waals surface area contributed by atoms with Crippen LogP contribution in [0.5, 0.6) is 11.5 Å². The third-order valence-corrected chi connectivity index (χ3v) is 9.06. The maximum atomic E-state index is 13.3. The Morgan fingerprint density at radius 2 is 1.39 bits per heavy atom. The summed E-state index contributed by atoms with van der Waals surface area (Å²) in [6, 6.07) is 34.5. The van der Waals surface area contributed by atoms with Gasteiger partial charge in [0, 0.05) is 18.2 Å². The van der Waals surface area contributed by atoms with Gasteiger partial charge in [0.05, 0.1) is 33.7 Å². The number of carbonyl (C=O) groups excluding carboxylic acids is 2. The molecule has 0 spiro atoms. The molecule has 0 saturated carbocycles. The van der Waals surface area contributed by atoms with E-state index in [2.05, 4.69) is 10.3 Å². The van der Waals surface area contributed by atoms with Gasteiger partial charge in [-0.15, -0.1) is 0 Å². The lowest BCUT2D eigenvalue weighted by atomic mass is 9.80. The van der Waals surface area contributed by atoms with Crippen molar-refractivity contribution >= 4 is 23.7 Å². The highest BCUT2D eigenvalue weighted by atomic mass is 16.6. The van der Waals surface area contributed by atoms with Crippen LogP contribution in [0.1, 0.15) is 52.5 Å². The topological polar surface area (TPSA) is 165 Å². The second kappa shape index (κ2) is 17.0. The number of hydrogen-bond acceptors (Lipinski definition) is 10. The number of rotatable bonds is 15. The lowest BCUT2D eigenvalue weighted by Crippen LogP contribution is -2.39. The Balaban J connectivity index is 1.33. The number of aromatic nitrogens is 2. The minimum atomic E-state index is -1.23. The molecule has 1 aliphatic rings. The van der Waals surface area contributed by atoms with Crippen LogP contribution >= 0.6 is 0 Å². The molecule has 1 aliphatic heterocycles. The summed E-state index contributed by atoms with van der Waals surface area (Å²) in [6.07, 6.45) is -2.07. The van der Waals surface area contributed by atoms with Crippen molar-refractivity contribution in [3.05, 3.63) is 154 Å². The van der Waals surface area contributed by atoms with Crippen LogP contribution < -0.4 is 20.5 Å². The molecule has 13 nitrogen and oxygen atoms in total. The number of hydrogen-bond donors (Lipinski definition) is 2. The normalized spacial score (nSPS) is 16.7. The molecule has 0 unspecified atom stereocenters. The Hall–Kier alpha value is -6.31. The Morgan fingerprint density at radius 1 is 0.815 bits per heavy atom. The zero-order valence-corrected chi connectivity index (χ0v) is 29.6. The number of aliphatic carboxylic acids is 1. The van der Waals surface area contributed by atoms with Crippen LogP contribution in [-0.2, 0) is 29.4 Å². The van der Waals surface area contributed by atoms with Gasteiger partial charge in [-0.25, -0.2) is 4.79 Å². The van der Waals surface area contributed by atoms with Gasteiger partial charge in [-0.1, -0.05) is 72.8 Å². The van der Waals surface area contributed by atoms with Crippen LogP contribution in [0.3, 0.4) is 0 Å². The third-order valence-electron chi connectivity index (χ3n) is 9.06. The summed E-state index contributed by atoms with van der Waals surface area (Å²) in [6.45, 7) is -0.131. The first-order valence-electron chi connectivity index (χ1n) is 17.2. The first-order valence-corrected chi connectivity index (χ1v) is 17.2. The molecule has 1 fully saturated rings. The fourth-order valence-electron chi connectivity index (χ4n) is 6.34. The Bertz CT molecular complexity index is 2060. The molecular formula is C41H39N3O10. The van der Waals surface area contributed by atoms with Crippen LogP contribution in [0.25, 0.3) is 0 Å². The predicted octanol–water partition coefficient (Wildman–Crippen LogP) is 5.59. The van der Waals surface area contributed by atoms with Crippen LogP contribution in [0.15, 0.2) is 126 Å². The van der Waals surface area contributed by atoms with Crippen molar-refractivity contribution in [2.24, 2.45) is 0 Å². The Labute approximate surface area is 311 Å². The van der Waals surface area contributed by atoms with E-state index in [1.165, 1.54) is 16.8 Å². The summed E-state index contributed by atoms with van der Waals surface area (Å²) >= 11 is 0. The quantitative estimate of drug-likeness (QED) is 0.102. The number of esters is 1. The Morgan fingerprint density at radius 3 is 1.94 bits per heavy atom. The van der Waals surface area contributed by atoms with E-state index in [0.717, 1.165) is 16.7 Å². The van der Waals surface area contributed by atoms with E-state index in [4.69, 9.17) is 28.8 Å². The fraction of sp³-hybridized carbons (Fsp3) is 0.244. The van der Waals surface area contributed by atoms with E-state index in [9.17, 15) is 19.2 Å². The van der Waals surface area contributed by atoms with Crippen molar-refractivity contribution in [1.82, 2.24) is 9.55 Å². The van der Waals surface area contributed by atoms with Gasteiger partial charge in [0.25, 0.3) is 5.91 Å². The summed E-state index contributed by atoms with van der Waals surface area (Å²) in [5, 5.41) is 11.8. The predicted molar refractivity (Wildman–Crippen MR) is 196 cm³/mol. The number of ether oxygens (including phenoxy) is 5. The van der Waals surface area contributed by atoms with Gasteiger partial charge in [0.2, 0.25) is 0 Å². The first kappa shape index (κ1) is 37.4. The second-order valence-electron chi connectivity index (χ2n) is 12.4. The van der Waals surface area contributed by atoms with Gasteiger partial charge in [-0.05, 0) is 59.2 Å².